The number of hydrogen-bond donors (Lipinski definition) is 1. The molecule has 4 nitrogen and oxygen atoms in total. The number of likely N-dealkylation sites (N-methyl/N-ethyl adjacent to an activating group) is 1. The summed E-state index contributed by atoms with van der Waals surface area (Å²) in [7, 11) is 0. The van der Waals surface area contributed by atoms with Crippen LogP contribution in [0, 0.1) is 0 Å². The summed E-state index contributed by atoms with van der Waals surface area (Å²) in [5.41, 5.74) is 0.836. The Bertz CT molecular complexity index is 520. The third-order valence-electron chi connectivity index (χ3n) is 3.16. The van der Waals surface area contributed by atoms with Gasteiger partial charge in [0.1, 0.15) is 6.04 Å². The molecule has 2 amide bonds. The summed E-state index contributed by atoms with van der Waals surface area (Å²) in [4.78, 5) is 25.6. The standard InChI is InChI=1S/C15H20Cl2N2O2/c1-4-14(20)19(10(3)15(21)18-5-2)9-11-6-7-12(16)13(17)8-11/h6-8,10H,4-5,9H2,1-3H3,(H,18,21). The maximum Gasteiger partial charge on any atom is 0.242 e. The van der Waals surface area contributed by atoms with Crippen molar-refractivity contribution in [1.82, 2.24) is 10.2 Å². The minimum atomic E-state index is -0.535. The number of carbonyl (C=O) groups excluding carboxylic acids is 2. The van der Waals surface area contributed by atoms with Crippen molar-refractivity contribution in [2.45, 2.75) is 39.8 Å². The summed E-state index contributed by atoms with van der Waals surface area (Å²) < 4.78 is 0. The largest absolute Gasteiger partial charge is 0.355 e. The molecule has 6 heteroatoms. The molecule has 0 spiro atoms. The number of hydrogen-bond acceptors (Lipinski definition) is 2. The molecule has 0 aliphatic carbocycles. The van der Waals surface area contributed by atoms with Crippen molar-refractivity contribution in [1.29, 1.82) is 0 Å². The average molecular weight is 331 g/mol. The molecule has 1 N–H and O–H groups in total. The number of carbonyl (C=O) groups is 2. The second-order valence-electron chi connectivity index (χ2n) is 4.69. The Morgan fingerprint density at radius 1 is 1.24 bits per heavy atom. The SMILES string of the molecule is CCNC(=O)C(C)N(Cc1ccc(Cl)c(Cl)c1)C(=O)CC. The molecule has 0 saturated carbocycles. The van der Waals surface area contributed by atoms with Crippen LogP contribution in [-0.4, -0.2) is 29.3 Å². The third-order valence-corrected chi connectivity index (χ3v) is 3.90. The monoisotopic (exact) mass is 330 g/mol. The Kier molecular flexibility index (Phi) is 6.99. The maximum atomic E-state index is 12.1. The summed E-state index contributed by atoms with van der Waals surface area (Å²) in [6.07, 6.45) is 0.338. The third kappa shape index (κ3) is 4.90. The summed E-state index contributed by atoms with van der Waals surface area (Å²) in [6.45, 7) is 6.19. The van der Waals surface area contributed by atoms with Crippen LogP contribution >= 0.6 is 23.2 Å². The van der Waals surface area contributed by atoms with Crippen molar-refractivity contribution in [2.24, 2.45) is 0 Å². The Balaban J connectivity index is 2.95. The first-order valence-corrected chi connectivity index (χ1v) is 7.67. The van der Waals surface area contributed by atoms with Gasteiger partial charge in [-0.1, -0.05) is 36.2 Å². The molecule has 0 aromatic heterocycles. The molecule has 1 atom stereocenters. The first-order valence-electron chi connectivity index (χ1n) is 6.91. The van der Waals surface area contributed by atoms with E-state index in [1.807, 2.05) is 6.92 Å². The average Bonchev–Trinajstić information content (AvgIpc) is 2.47. The van der Waals surface area contributed by atoms with Crippen molar-refractivity contribution >= 4 is 35.0 Å². The van der Waals surface area contributed by atoms with Crippen molar-refractivity contribution in [2.75, 3.05) is 6.54 Å². The van der Waals surface area contributed by atoms with E-state index in [1.54, 1.807) is 36.9 Å². The van der Waals surface area contributed by atoms with Gasteiger partial charge in [0, 0.05) is 19.5 Å². The quantitative estimate of drug-likeness (QED) is 0.870. The molecule has 1 aromatic carbocycles. The normalized spacial score (nSPS) is 11.9. The van der Waals surface area contributed by atoms with Gasteiger partial charge in [0.05, 0.1) is 10.0 Å². The van der Waals surface area contributed by atoms with E-state index in [0.29, 0.717) is 29.6 Å². The van der Waals surface area contributed by atoms with E-state index in [9.17, 15) is 9.59 Å². The Morgan fingerprint density at radius 2 is 1.90 bits per heavy atom. The highest BCUT2D eigenvalue weighted by Crippen LogP contribution is 2.23. The first kappa shape index (κ1) is 17.8. The van der Waals surface area contributed by atoms with E-state index < -0.39 is 6.04 Å². The Morgan fingerprint density at radius 3 is 2.43 bits per heavy atom. The van der Waals surface area contributed by atoms with Gasteiger partial charge in [0.2, 0.25) is 11.8 Å². The molecule has 0 aliphatic rings. The fourth-order valence-corrected chi connectivity index (χ4v) is 2.26. The number of amides is 2. The van der Waals surface area contributed by atoms with Crippen LogP contribution in [0.3, 0.4) is 0 Å². The second kappa shape index (κ2) is 8.25. The minimum Gasteiger partial charge on any atom is -0.355 e. The maximum absolute atomic E-state index is 12.1. The van der Waals surface area contributed by atoms with Crippen LogP contribution in [0.5, 0.6) is 0 Å². The van der Waals surface area contributed by atoms with Gasteiger partial charge in [0.15, 0.2) is 0 Å². The number of nitrogens with one attached hydrogen (secondary N) is 1. The number of nitrogens with zero attached hydrogens (tertiary/aromatic N) is 1. The molecule has 0 radical (unpaired) electrons. The van der Waals surface area contributed by atoms with Gasteiger partial charge >= 0.3 is 0 Å². The lowest BCUT2D eigenvalue weighted by Gasteiger charge is -2.28. The molecule has 0 bridgehead atoms. The zero-order valence-electron chi connectivity index (χ0n) is 12.5. The highest BCUT2D eigenvalue weighted by Gasteiger charge is 2.24. The van der Waals surface area contributed by atoms with E-state index >= 15 is 0 Å². The Labute approximate surface area is 135 Å². The molecule has 0 heterocycles. The van der Waals surface area contributed by atoms with Gasteiger partial charge in [-0.15, -0.1) is 0 Å². The fourth-order valence-electron chi connectivity index (χ4n) is 1.94. The van der Waals surface area contributed by atoms with Crippen molar-refractivity contribution < 1.29 is 9.59 Å². The molecule has 0 saturated heterocycles. The molecule has 1 aromatic rings. The second-order valence-corrected chi connectivity index (χ2v) is 5.51. The van der Waals surface area contributed by atoms with Crippen molar-refractivity contribution in [3.63, 3.8) is 0 Å². The molecule has 1 rings (SSSR count). The molecule has 116 valence electrons. The molecule has 21 heavy (non-hydrogen) atoms. The topological polar surface area (TPSA) is 49.4 Å². The lowest BCUT2D eigenvalue weighted by Crippen LogP contribution is -2.47. The van der Waals surface area contributed by atoms with Gasteiger partial charge in [0.25, 0.3) is 0 Å². The van der Waals surface area contributed by atoms with Gasteiger partial charge < -0.3 is 10.2 Å². The predicted octanol–water partition coefficient (Wildman–Crippen LogP) is 3.26. The van der Waals surface area contributed by atoms with Crippen LogP contribution in [0.4, 0.5) is 0 Å². The van der Waals surface area contributed by atoms with E-state index in [0.717, 1.165) is 5.56 Å². The van der Waals surface area contributed by atoms with E-state index in [1.165, 1.54) is 0 Å². The molecular formula is C15H20Cl2N2O2. The summed E-state index contributed by atoms with van der Waals surface area (Å²) >= 11 is 11.9. The predicted molar refractivity (Wildman–Crippen MR) is 85.4 cm³/mol. The zero-order valence-corrected chi connectivity index (χ0v) is 14.0. The van der Waals surface area contributed by atoms with Crippen LogP contribution < -0.4 is 5.32 Å². The lowest BCUT2D eigenvalue weighted by atomic mass is 10.1. The first-order chi connectivity index (χ1) is 9.90. The van der Waals surface area contributed by atoms with Gasteiger partial charge in [-0.25, -0.2) is 0 Å². The van der Waals surface area contributed by atoms with Crippen LogP contribution in [0.1, 0.15) is 32.8 Å². The zero-order chi connectivity index (χ0) is 16.0. The van der Waals surface area contributed by atoms with Gasteiger partial charge in [-0.2, -0.15) is 0 Å². The number of rotatable bonds is 6. The van der Waals surface area contributed by atoms with Crippen molar-refractivity contribution in [3.05, 3.63) is 33.8 Å². The summed E-state index contributed by atoms with van der Waals surface area (Å²) in [5.74, 6) is -0.251. The lowest BCUT2D eigenvalue weighted by molar-refractivity contribution is -0.140. The summed E-state index contributed by atoms with van der Waals surface area (Å²) in [5, 5.41) is 3.63. The highest BCUT2D eigenvalue weighted by atomic mass is 35.5. The van der Waals surface area contributed by atoms with Gasteiger partial charge in [-0.3, -0.25) is 9.59 Å². The van der Waals surface area contributed by atoms with Gasteiger partial charge in [-0.05, 0) is 31.5 Å². The molecular weight excluding hydrogens is 311 g/mol. The van der Waals surface area contributed by atoms with Crippen LogP contribution in [0.15, 0.2) is 18.2 Å². The summed E-state index contributed by atoms with van der Waals surface area (Å²) in [6, 6.07) is 4.66. The van der Waals surface area contributed by atoms with E-state index in [2.05, 4.69) is 5.32 Å². The Hall–Kier alpha value is -1.26. The number of halogens is 2. The van der Waals surface area contributed by atoms with Crippen molar-refractivity contribution in [3.8, 4) is 0 Å². The molecule has 0 fully saturated rings. The van der Waals surface area contributed by atoms with E-state index in [4.69, 9.17) is 23.2 Å². The van der Waals surface area contributed by atoms with E-state index in [-0.39, 0.29) is 11.8 Å². The fraction of sp³-hybridized carbons (Fsp3) is 0.467. The van der Waals surface area contributed by atoms with Crippen LogP contribution in [0.2, 0.25) is 10.0 Å². The number of benzene rings is 1. The molecule has 1 unspecified atom stereocenters. The van der Waals surface area contributed by atoms with Crippen LogP contribution in [0.25, 0.3) is 0 Å². The molecule has 0 aliphatic heterocycles. The smallest absolute Gasteiger partial charge is 0.242 e. The van der Waals surface area contributed by atoms with Crippen LogP contribution in [-0.2, 0) is 16.1 Å². The highest BCUT2D eigenvalue weighted by molar-refractivity contribution is 6.42. The minimum absolute atomic E-state index is 0.0835.